The van der Waals surface area contributed by atoms with Crippen LogP contribution in [0.3, 0.4) is 0 Å². The van der Waals surface area contributed by atoms with Crippen LogP contribution in [0.15, 0.2) is 35.7 Å². The van der Waals surface area contributed by atoms with Crippen molar-refractivity contribution in [3.05, 3.63) is 52.0 Å². The SMILES string of the molecule is CCC(CC)n1c(Cc2cccs2)nc2cc(C(=O)NC3CCCCCC3)ccc21. The molecular formula is C25H33N3OS. The van der Waals surface area contributed by atoms with Gasteiger partial charge in [0, 0.05) is 28.9 Å². The van der Waals surface area contributed by atoms with Gasteiger partial charge in [-0.25, -0.2) is 4.98 Å². The molecule has 0 saturated heterocycles. The average molecular weight is 424 g/mol. The predicted molar refractivity (Wildman–Crippen MR) is 125 cm³/mol. The van der Waals surface area contributed by atoms with Gasteiger partial charge in [-0.3, -0.25) is 4.79 Å². The van der Waals surface area contributed by atoms with Crippen LogP contribution in [-0.4, -0.2) is 21.5 Å². The number of benzene rings is 1. The van der Waals surface area contributed by atoms with E-state index in [1.165, 1.54) is 30.6 Å². The molecule has 5 heteroatoms. The van der Waals surface area contributed by atoms with Gasteiger partial charge < -0.3 is 9.88 Å². The van der Waals surface area contributed by atoms with E-state index >= 15 is 0 Å². The molecule has 2 heterocycles. The second kappa shape index (κ2) is 9.78. The maximum Gasteiger partial charge on any atom is 0.251 e. The van der Waals surface area contributed by atoms with Crippen molar-refractivity contribution in [2.24, 2.45) is 0 Å². The summed E-state index contributed by atoms with van der Waals surface area (Å²) in [5.74, 6) is 1.14. The molecule has 1 aliphatic rings. The summed E-state index contributed by atoms with van der Waals surface area (Å²) < 4.78 is 2.40. The summed E-state index contributed by atoms with van der Waals surface area (Å²) in [5, 5.41) is 5.39. The highest BCUT2D eigenvalue weighted by Crippen LogP contribution is 2.28. The fraction of sp³-hybridized carbons (Fsp3) is 0.520. The normalized spacial score (nSPS) is 15.6. The van der Waals surface area contributed by atoms with Crippen molar-refractivity contribution < 1.29 is 4.79 Å². The summed E-state index contributed by atoms with van der Waals surface area (Å²) in [6.45, 7) is 4.48. The van der Waals surface area contributed by atoms with E-state index in [0.717, 1.165) is 54.5 Å². The topological polar surface area (TPSA) is 46.9 Å². The minimum atomic E-state index is 0.0423. The average Bonchev–Trinajstić information content (AvgIpc) is 3.30. The molecule has 0 unspecified atom stereocenters. The van der Waals surface area contributed by atoms with Crippen LogP contribution in [-0.2, 0) is 6.42 Å². The molecule has 2 aromatic heterocycles. The molecule has 0 aliphatic heterocycles. The standard InChI is InChI=1S/C25H33N3OS/c1-3-20(4-2)28-23-14-13-18(25(29)26-19-10-7-5-6-8-11-19)16-22(23)27-24(28)17-21-12-9-15-30-21/h9,12-16,19-20H,3-8,10-11,17H2,1-2H3,(H,26,29). The van der Waals surface area contributed by atoms with Crippen LogP contribution in [0.2, 0.25) is 0 Å². The van der Waals surface area contributed by atoms with Crippen molar-refractivity contribution >= 4 is 28.3 Å². The zero-order chi connectivity index (χ0) is 20.9. The van der Waals surface area contributed by atoms with Gasteiger partial charge in [-0.2, -0.15) is 0 Å². The summed E-state index contributed by atoms with van der Waals surface area (Å²) >= 11 is 1.77. The summed E-state index contributed by atoms with van der Waals surface area (Å²) in [6.07, 6.45) is 10.2. The first kappa shape index (κ1) is 21.1. The Morgan fingerprint density at radius 3 is 2.60 bits per heavy atom. The number of carbonyl (C=O) groups excluding carboxylic acids is 1. The van der Waals surface area contributed by atoms with Crippen molar-refractivity contribution in [1.29, 1.82) is 0 Å². The van der Waals surface area contributed by atoms with Crippen LogP contribution < -0.4 is 5.32 Å². The molecule has 0 atom stereocenters. The number of amides is 1. The van der Waals surface area contributed by atoms with Crippen LogP contribution >= 0.6 is 11.3 Å². The molecule has 3 aromatic rings. The van der Waals surface area contributed by atoms with E-state index in [4.69, 9.17) is 4.98 Å². The van der Waals surface area contributed by atoms with Crippen molar-refractivity contribution in [1.82, 2.24) is 14.9 Å². The lowest BCUT2D eigenvalue weighted by Gasteiger charge is -2.19. The lowest BCUT2D eigenvalue weighted by molar-refractivity contribution is 0.0933. The first-order valence-corrected chi connectivity index (χ1v) is 12.4. The maximum atomic E-state index is 12.9. The minimum absolute atomic E-state index is 0.0423. The Hall–Kier alpha value is -2.14. The number of nitrogens with zero attached hydrogens (tertiary/aromatic N) is 2. The van der Waals surface area contributed by atoms with Crippen molar-refractivity contribution in [2.75, 3.05) is 0 Å². The summed E-state index contributed by atoms with van der Waals surface area (Å²) in [6, 6.07) is 11.1. The zero-order valence-corrected chi connectivity index (χ0v) is 19.0. The van der Waals surface area contributed by atoms with E-state index in [-0.39, 0.29) is 5.91 Å². The fourth-order valence-corrected chi connectivity index (χ4v) is 5.44. The second-order valence-corrected chi connectivity index (χ2v) is 9.52. The molecule has 160 valence electrons. The van der Waals surface area contributed by atoms with Crippen LogP contribution in [0.4, 0.5) is 0 Å². The maximum absolute atomic E-state index is 12.9. The van der Waals surface area contributed by atoms with Crippen LogP contribution in [0.1, 0.15) is 92.3 Å². The van der Waals surface area contributed by atoms with Gasteiger partial charge in [0.2, 0.25) is 0 Å². The van der Waals surface area contributed by atoms with Gasteiger partial charge in [0.1, 0.15) is 5.82 Å². The van der Waals surface area contributed by atoms with E-state index in [1.807, 2.05) is 12.1 Å². The van der Waals surface area contributed by atoms with E-state index in [9.17, 15) is 4.79 Å². The van der Waals surface area contributed by atoms with E-state index in [2.05, 4.69) is 47.3 Å². The largest absolute Gasteiger partial charge is 0.349 e. The van der Waals surface area contributed by atoms with Gasteiger partial charge in [0.25, 0.3) is 5.91 Å². The molecule has 1 N–H and O–H groups in total. The van der Waals surface area contributed by atoms with E-state index in [1.54, 1.807) is 11.3 Å². The van der Waals surface area contributed by atoms with Gasteiger partial charge in [0.05, 0.1) is 11.0 Å². The van der Waals surface area contributed by atoms with Gasteiger partial charge in [-0.1, -0.05) is 45.6 Å². The monoisotopic (exact) mass is 423 g/mol. The summed E-state index contributed by atoms with van der Waals surface area (Å²) in [5.41, 5.74) is 2.80. The van der Waals surface area contributed by atoms with Gasteiger partial charge in [-0.15, -0.1) is 11.3 Å². The molecule has 0 spiro atoms. The molecule has 4 nitrogen and oxygen atoms in total. The number of hydrogen-bond acceptors (Lipinski definition) is 3. The molecule has 4 rings (SSSR count). The first-order valence-electron chi connectivity index (χ1n) is 11.5. The minimum Gasteiger partial charge on any atom is -0.349 e. The Morgan fingerprint density at radius 1 is 1.17 bits per heavy atom. The van der Waals surface area contributed by atoms with Crippen molar-refractivity contribution in [3.63, 3.8) is 0 Å². The lowest BCUT2D eigenvalue weighted by atomic mass is 10.1. The third kappa shape index (κ3) is 4.61. The Morgan fingerprint density at radius 2 is 1.93 bits per heavy atom. The Labute approximate surface area is 183 Å². The quantitative estimate of drug-likeness (QED) is 0.441. The number of imidazole rings is 1. The fourth-order valence-electron chi connectivity index (χ4n) is 4.74. The Balaban J connectivity index is 1.63. The molecule has 1 saturated carbocycles. The number of fused-ring (bicyclic) bond motifs is 1. The number of carbonyl (C=O) groups is 1. The molecule has 1 aliphatic carbocycles. The first-order chi connectivity index (χ1) is 14.7. The van der Waals surface area contributed by atoms with Gasteiger partial charge >= 0.3 is 0 Å². The number of nitrogens with one attached hydrogen (secondary N) is 1. The number of rotatable bonds is 7. The third-order valence-electron chi connectivity index (χ3n) is 6.44. The molecule has 1 amide bonds. The Kier molecular flexibility index (Phi) is 6.88. The predicted octanol–water partition coefficient (Wildman–Crippen LogP) is 6.50. The molecule has 0 radical (unpaired) electrons. The van der Waals surface area contributed by atoms with Crippen molar-refractivity contribution in [3.8, 4) is 0 Å². The van der Waals surface area contributed by atoms with Gasteiger partial charge in [-0.05, 0) is 55.3 Å². The van der Waals surface area contributed by atoms with Gasteiger partial charge in [0.15, 0.2) is 0 Å². The molecule has 1 fully saturated rings. The highest BCUT2D eigenvalue weighted by Gasteiger charge is 2.20. The van der Waals surface area contributed by atoms with E-state index in [0.29, 0.717) is 12.1 Å². The van der Waals surface area contributed by atoms with Crippen LogP contribution in [0.5, 0.6) is 0 Å². The summed E-state index contributed by atoms with van der Waals surface area (Å²) in [7, 11) is 0. The van der Waals surface area contributed by atoms with E-state index < -0.39 is 0 Å². The number of hydrogen-bond donors (Lipinski definition) is 1. The molecule has 1 aromatic carbocycles. The van der Waals surface area contributed by atoms with Crippen molar-refractivity contribution in [2.45, 2.75) is 83.7 Å². The molecule has 0 bridgehead atoms. The Bertz CT molecular complexity index is 964. The lowest BCUT2D eigenvalue weighted by Crippen LogP contribution is -2.34. The highest BCUT2D eigenvalue weighted by atomic mass is 32.1. The number of thiophene rings is 1. The zero-order valence-electron chi connectivity index (χ0n) is 18.2. The smallest absolute Gasteiger partial charge is 0.251 e. The van der Waals surface area contributed by atoms with Crippen LogP contribution in [0.25, 0.3) is 11.0 Å². The summed E-state index contributed by atoms with van der Waals surface area (Å²) in [4.78, 5) is 19.2. The number of aromatic nitrogens is 2. The van der Waals surface area contributed by atoms with Crippen LogP contribution in [0, 0.1) is 0 Å². The molecule has 30 heavy (non-hydrogen) atoms. The second-order valence-electron chi connectivity index (χ2n) is 8.49. The highest BCUT2D eigenvalue weighted by molar-refractivity contribution is 7.09. The third-order valence-corrected chi connectivity index (χ3v) is 7.31. The molecular weight excluding hydrogens is 390 g/mol.